The van der Waals surface area contributed by atoms with Gasteiger partial charge in [0.15, 0.2) is 5.54 Å². The Morgan fingerprint density at radius 2 is 2.11 bits per heavy atom. The molecule has 1 atom stereocenters. The van der Waals surface area contributed by atoms with Crippen molar-refractivity contribution in [2.75, 3.05) is 6.26 Å². The zero-order valence-corrected chi connectivity index (χ0v) is 16.2. The van der Waals surface area contributed by atoms with Crippen molar-refractivity contribution < 1.29 is 14.0 Å². The number of urea groups is 1. The summed E-state index contributed by atoms with van der Waals surface area (Å²) in [5, 5.41) is 3.87. The van der Waals surface area contributed by atoms with E-state index in [4.69, 9.17) is 16.0 Å². The zero-order chi connectivity index (χ0) is 19.2. The predicted molar refractivity (Wildman–Crippen MR) is 104 cm³/mol. The van der Waals surface area contributed by atoms with Crippen LogP contribution in [0.3, 0.4) is 0 Å². The quantitative estimate of drug-likeness (QED) is 0.403. The molecule has 3 amide bonds. The SMILES string of the molecule is CSc1ccc2cc(CN3C(=O)NC(C)(c4ccco4)C3=O)c(Cl)nc2c1. The number of carbonyl (C=O) groups excluding carboxylic acids is 2. The fourth-order valence-corrected chi connectivity index (χ4v) is 3.78. The van der Waals surface area contributed by atoms with Crippen molar-refractivity contribution in [2.24, 2.45) is 0 Å². The third-order valence-electron chi connectivity index (χ3n) is 4.67. The Morgan fingerprint density at radius 1 is 1.30 bits per heavy atom. The maximum atomic E-state index is 12.9. The fourth-order valence-electron chi connectivity index (χ4n) is 3.15. The lowest BCUT2D eigenvalue weighted by molar-refractivity contribution is -0.132. The second kappa shape index (κ2) is 6.58. The zero-order valence-electron chi connectivity index (χ0n) is 14.7. The van der Waals surface area contributed by atoms with E-state index in [9.17, 15) is 9.59 Å². The lowest BCUT2D eigenvalue weighted by atomic mass is 9.99. The highest BCUT2D eigenvalue weighted by Crippen LogP contribution is 2.32. The van der Waals surface area contributed by atoms with Crippen molar-refractivity contribution in [3.63, 3.8) is 0 Å². The van der Waals surface area contributed by atoms with Crippen LogP contribution in [0, 0.1) is 0 Å². The number of hydrogen-bond donors (Lipinski definition) is 1. The van der Waals surface area contributed by atoms with E-state index in [2.05, 4.69) is 10.3 Å². The molecule has 3 aromatic rings. The van der Waals surface area contributed by atoms with Gasteiger partial charge in [-0.05, 0) is 43.5 Å². The van der Waals surface area contributed by atoms with Crippen LogP contribution in [0.2, 0.25) is 5.15 Å². The summed E-state index contributed by atoms with van der Waals surface area (Å²) in [6, 6.07) is 10.6. The van der Waals surface area contributed by atoms with Crippen molar-refractivity contribution in [1.29, 1.82) is 0 Å². The van der Waals surface area contributed by atoms with Gasteiger partial charge in [-0.3, -0.25) is 9.69 Å². The molecule has 1 aliphatic heterocycles. The molecule has 6 nitrogen and oxygen atoms in total. The first-order valence-corrected chi connectivity index (χ1v) is 9.84. The molecular weight excluding hydrogens is 386 g/mol. The van der Waals surface area contributed by atoms with E-state index in [0.29, 0.717) is 11.3 Å². The van der Waals surface area contributed by atoms with E-state index in [1.807, 2.05) is 30.5 Å². The standard InChI is InChI=1S/C19H16ClN3O3S/c1-19(15-4-3-7-26-15)17(24)23(18(25)22-19)10-12-8-11-5-6-13(27-2)9-14(11)21-16(12)20/h3-9H,10H2,1-2H3,(H,22,25). The van der Waals surface area contributed by atoms with Crippen LogP contribution in [0.25, 0.3) is 10.9 Å². The molecule has 0 radical (unpaired) electrons. The number of halogens is 1. The van der Waals surface area contributed by atoms with Gasteiger partial charge < -0.3 is 9.73 Å². The maximum Gasteiger partial charge on any atom is 0.325 e. The van der Waals surface area contributed by atoms with E-state index >= 15 is 0 Å². The highest BCUT2D eigenvalue weighted by atomic mass is 35.5. The predicted octanol–water partition coefficient (Wildman–Crippen LogP) is 4.17. The van der Waals surface area contributed by atoms with Gasteiger partial charge in [-0.15, -0.1) is 11.8 Å². The van der Waals surface area contributed by atoms with Gasteiger partial charge >= 0.3 is 6.03 Å². The van der Waals surface area contributed by atoms with Crippen molar-refractivity contribution >= 4 is 46.2 Å². The number of imide groups is 1. The highest BCUT2D eigenvalue weighted by molar-refractivity contribution is 7.98. The monoisotopic (exact) mass is 401 g/mol. The summed E-state index contributed by atoms with van der Waals surface area (Å²) in [5.41, 5.74) is 0.145. The molecule has 27 heavy (non-hydrogen) atoms. The molecule has 0 saturated carbocycles. The van der Waals surface area contributed by atoms with Crippen LogP contribution >= 0.6 is 23.4 Å². The first kappa shape index (κ1) is 17.9. The number of furan rings is 1. The molecule has 0 aliphatic carbocycles. The summed E-state index contributed by atoms with van der Waals surface area (Å²) in [4.78, 5) is 32.0. The largest absolute Gasteiger partial charge is 0.466 e. The summed E-state index contributed by atoms with van der Waals surface area (Å²) in [7, 11) is 0. The average molecular weight is 402 g/mol. The fraction of sp³-hybridized carbons (Fsp3) is 0.211. The number of hydrogen-bond acceptors (Lipinski definition) is 5. The van der Waals surface area contributed by atoms with E-state index in [1.54, 1.807) is 30.8 Å². The Hall–Kier alpha value is -2.51. The topological polar surface area (TPSA) is 75.4 Å². The Labute approximate surface area is 164 Å². The lowest BCUT2D eigenvalue weighted by Crippen LogP contribution is -2.40. The van der Waals surface area contributed by atoms with Crippen LogP contribution in [0.1, 0.15) is 18.2 Å². The number of pyridine rings is 1. The first-order valence-electron chi connectivity index (χ1n) is 8.23. The molecule has 1 unspecified atom stereocenters. The normalized spacial score (nSPS) is 19.7. The molecule has 1 saturated heterocycles. The number of carbonyl (C=O) groups is 2. The number of rotatable bonds is 4. The van der Waals surface area contributed by atoms with Crippen LogP contribution in [0.15, 0.2) is 52.0 Å². The van der Waals surface area contributed by atoms with Crippen LogP contribution in [-0.4, -0.2) is 28.1 Å². The van der Waals surface area contributed by atoms with Crippen molar-refractivity contribution in [2.45, 2.75) is 23.9 Å². The molecule has 8 heteroatoms. The number of amides is 3. The molecule has 3 heterocycles. The van der Waals surface area contributed by atoms with Crippen LogP contribution in [0.5, 0.6) is 0 Å². The average Bonchev–Trinajstić information content (AvgIpc) is 3.26. The molecule has 1 N–H and O–H groups in total. The Balaban J connectivity index is 1.67. The number of thioether (sulfide) groups is 1. The molecule has 0 spiro atoms. The van der Waals surface area contributed by atoms with E-state index < -0.39 is 17.5 Å². The lowest BCUT2D eigenvalue weighted by Gasteiger charge is -2.19. The summed E-state index contributed by atoms with van der Waals surface area (Å²) in [6.45, 7) is 1.66. The smallest absolute Gasteiger partial charge is 0.325 e. The summed E-state index contributed by atoms with van der Waals surface area (Å²) >= 11 is 7.96. The molecular formula is C19H16ClN3O3S. The minimum Gasteiger partial charge on any atom is -0.466 e. The number of fused-ring (bicyclic) bond motifs is 1. The van der Waals surface area contributed by atoms with Gasteiger partial charge in [-0.1, -0.05) is 17.7 Å². The van der Waals surface area contributed by atoms with Crippen LogP contribution in [0.4, 0.5) is 4.79 Å². The summed E-state index contributed by atoms with van der Waals surface area (Å²) in [5.74, 6) is -0.00739. The number of aromatic nitrogens is 1. The number of nitrogens with one attached hydrogen (secondary N) is 1. The van der Waals surface area contributed by atoms with Gasteiger partial charge in [0.1, 0.15) is 10.9 Å². The van der Waals surface area contributed by atoms with E-state index in [-0.39, 0.29) is 11.7 Å². The second-order valence-electron chi connectivity index (χ2n) is 6.42. The van der Waals surface area contributed by atoms with Crippen LogP contribution < -0.4 is 5.32 Å². The van der Waals surface area contributed by atoms with Gasteiger partial charge in [-0.25, -0.2) is 9.78 Å². The third kappa shape index (κ3) is 2.96. The van der Waals surface area contributed by atoms with E-state index in [0.717, 1.165) is 20.7 Å². The van der Waals surface area contributed by atoms with Gasteiger partial charge in [0.25, 0.3) is 5.91 Å². The second-order valence-corrected chi connectivity index (χ2v) is 7.66. The number of benzene rings is 1. The van der Waals surface area contributed by atoms with Crippen molar-refractivity contribution in [1.82, 2.24) is 15.2 Å². The minimum atomic E-state index is -1.23. The Bertz CT molecular complexity index is 1050. The number of nitrogens with zero attached hydrogens (tertiary/aromatic N) is 2. The maximum absolute atomic E-state index is 12.9. The van der Waals surface area contributed by atoms with Crippen LogP contribution in [-0.2, 0) is 16.9 Å². The van der Waals surface area contributed by atoms with Gasteiger partial charge in [-0.2, -0.15) is 0 Å². The molecule has 1 fully saturated rings. The molecule has 138 valence electrons. The summed E-state index contributed by atoms with van der Waals surface area (Å²) in [6.07, 6.45) is 3.46. The van der Waals surface area contributed by atoms with Gasteiger partial charge in [0.2, 0.25) is 0 Å². The third-order valence-corrected chi connectivity index (χ3v) is 5.72. The Morgan fingerprint density at radius 3 is 2.81 bits per heavy atom. The molecule has 1 aromatic carbocycles. The molecule has 2 aromatic heterocycles. The molecule has 4 rings (SSSR count). The molecule has 1 aliphatic rings. The Kier molecular flexibility index (Phi) is 4.36. The van der Waals surface area contributed by atoms with Crippen molar-refractivity contribution in [3.8, 4) is 0 Å². The first-order chi connectivity index (χ1) is 12.9. The summed E-state index contributed by atoms with van der Waals surface area (Å²) < 4.78 is 5.34. The minimum absolute atomic E-state index is 0.0347. The highest BCUT2D eigenvalue weighted by Gasteiger charge is 2.51. The molecule has 0 bridgehead atoms. The van der Waals surface area contributed by atoms with E-state index in [1.165, 1.54) is 6.26 Å². The van der Waals surface area contributed by atoms with Crippen molar-refractivity contribution in [3.05, 3.63) is 59.1 Å². The van der Waals surface area contributed by atoms with Gasteiger partial charge in [0.05, 0.1) is 18.3 Å². The van der Waals surface area contributed by atoms with Gasteiger partial charge in [0, 0.05) is 15.8 Å².